The maximum atomic E-state index is 5.60. The zero-order chi connectivity index (χ0) is 19.5. The smallest absolute Gasteiger partial charge is 0.231 e. The standard InChI is InChI=1S/C20H20N4O4/c1-24(16-5-4-6-17-19(16)28-12-27-17)18-7-8-21-20(23-18)22-13-9-14(25-2)11-15(10-13)26-3/h4-11H,12H2,1-3H3,(H,21,22,23). The van der Waals surface area contributed by atoms with E-state index in [2.05, 4.69) is 15.3 Å². The van der Waals surface area contributed by atoms with Gasteiger partial charge in [-0.25, -0.2) is 4.98 Å². The molecule has 0 amide bonds. The van der Waals surface area contributed by atoms with Gasteiger partial charge in [-0.3, -0.25) is 0 Å². The number of rotatable bonds is 6. The molecule has 8 nitrogen and oxygen atoms in total. The number of anilines is 4. The number of fused-ring (bicyclic) bond motifs is 1. The highest BCUT2D eigenvalue weighted by Gasteiger charge is 2.21. The molecule has 2 aromatic carbocycles. The van der Waals surface area contributed by atoms with Crippen molar-refractivity contribution in [2.75, 3.05) is 38.3 Å². The van der Waals surface area contributed by atoms with E-state index in [-0.39, 0.29) is 6.79 Å². The Morgan fingerprint density at radius 2 is 1.82 bits per heavy atom. The topological polar surface area (TPSA) is 78.0 Å². The van der Waals surface area contributed by atoms with Crippen LogP contribution in [-0.2, 0) is 0 Å². The molecule has 0 saturated heterocycles. The van der Waals surface area contributed by atoms with Crippen LogP contribution in [0.25, 0.3) is 0 Å². The van der Waals surface area contributed by atoms with Crippen LogP contribution in [0.15, 0.2) is 48.7 Å². The summed E-state index contributed by atoms with van der Waals surface area (Å²) in [5, 5.41) is 3.19. The van der Waals surface area contributed by atoms with Crippen molar-refractivity contribution < 1.29 is 18.9 Å². The van der Waals surface area contributed by atoms with E-state index in [0.29, 0.717) is 29.0 Å². The maximum absolute atomic E-state index is 5.60. The van der Waals surface area contributed by atoms with Crippen LogP contribution in [-0.4, -0.2) is 38.0 Å². The first-order chi connectivity index (χ1) is 13.7. The van der Waals surface area contributed by atoms with Crippen LogP contribution in [0.2, 0.25) is 0 Å². The highest BCUT2D eigenvalue weighted by Crippen LogP contribution is 2.42. The van der Waals surface area contributed by atoms with E-state index in [4.69, 9.17) is 18.9 Å². The Morgan fingerprint density at radius 1 is 1.04 bits per heavy atom. The predicted molar refractivity (Wildman–Crippen MR) is 105 cm³/mol. The molecule has 1 aromatic heterocycles. The van der Waals surface area contributed by atoms with Gasteiger partial charge in [0.2, 0.25) is 12.7 Å². The number of para-hydroxylation sites is 1. The molecule has 0 saturated carbocycles. The van der Waals surface area contributed by atoms with Gasteiger partial charge in [0.15, 0.2) is 11.5 Å². The third kappa shape index (κ3) is 3.44. The van der Waals surface area contributed by atoms with Gasteiger partial charge in [-0.05, 0) is 18.2 Å². The molecular formula is C20H20N4O4. The number of ether oxygens (including phenoxy) is 4. The lowest BCUT2D eigenvalue weighted by Crippen LogP contribution is -2.13. The normalized spacial score (nSPS) is 11.8. The molecule has 1 aliphatic heterocycles. The quantitative estimate of drug-likeness (QED) is 0.693. The van der Waals surface area contributed by atoms with Gasteiger partial charge in [-0.1, -0.05) is 6.07 Å². The Bertz CT molecular complexity index is 973. The Morgan fingerprint density at radius 3 is 2.57 bits per heavy atom. The Labute approximate surface area is 162 Å². The summed E-state index contributed by atoms with van der Waals surface area (Å²) in [4.78, 5) is 10.8. The molecule has 0 spiro atoms. The van der Waals surface area contributed by atoms with Crippen LogP contribution in [0.5, 0.6) is 23.0 Å². The average Bonchev–Trinajstić information content (AvgIpc) is 3.22. The summed E-state index contributed by atoms with van der Waals surface area (Å²) in [7, 11) is 5.13. The van der Waals surface area contributed by atoms with Crippen LogP contribution in [0.1, 0.15) is 0 Å². The molecule has 1 N–H and O–H groups in total. The average molecular weight is 380 g/mol. The second kappa shape index (κ2) is 7.51. The zero-order valence-electron chi connectivity index (χ0n) is 15.8. The number of hydrogen-bond acceptors (Lipinski definition) is 8. The number of nitrogens with zero attached hydrogens (tertiary/aromatic N) is 3. The lowest BCUT2D eigenvalue weighted by Gasteiger charge is -2.20. The monoisotopic (exact) mass is 380 g/mol. The summed E-state index contributed by atoms with van der Waals surface area (Å²) < 4.78 is 21.7. The summed E-state index contributed by atoms with van der Waals surface area (Å²) >= 11 is 0. The molecular weight excluding hydrogens is 360 g/mol. The first kappa shape index (κ1) is 17.7. The molecule has 144 valence electrons. The molecule has 0 atom stereocenters. The Balaban J connectivity index is 1.61. The number of aromatic nitrogens is 2. The van der Waals surface area contributed by atoms with E-state index >= 15 is 0 Å². The number of nitrogens with one attached hydrogen (secondary N) is 1. The highest BCUT2D eigenvalue weighted by molar-refractivity contribution is 5.71. The van der Waals surface area contributed by atoms with Crippen LogP contribution in [0.4, 0.5) is 23.1 Å². The van der Waals surface area contributed by atoms with Gasteiger partial charge in [0.1, 0.15) is 17.3 Å². The van der Waals surface area contributed by atoms with E-state index in [1.165, 1.54) is 0 Å². The summed E-state index contributed by atoms with van der Waals surface area (Å²) in [5.41, 5.74) is 1.62. The van der Waals surface area contributed by atoms with Crippen molar-refractivity contribution in [3.63, 3.8) is 0 Å². The van der Waals surface area contributed by atoms with Crippen molar-refractivity contribution in [2.45, 2.75) is 0 Å². The van der Waals surface area contributed by atoms with Gasteiger partial charge < -0.3 is 29.2 Å². The van der Waals surface area contributed by atoms with Crippen molar-refractivity contribution in [3.8, 4) is 23.0 Å². The molecule has 8 heteroatoms. The fourth-order valence-electron chi connectivity index (χ4n) is 2.91. The molecule has 0 bridgehead atoms. The summed E-state index contributed by atoms with van der Waals surface area (Å²) in [6.45, 7) is 0.217. The lowest BCUT2D eigenvalue weighted by atomic mass is 10.2. The second-order valence-corrected chi connectivity index (χ2v) is 6.03. The zero-order valence-corrected chi connectivity index (χ0v) is 15.8. The first-order valence-corrected chi connectivity index (χ1v) is 8.63. The molecule has 0 aliphatic carbocycles. The van der Waals surface area contributed by atoms with Crippen molar-refractivity contribution >= 4 is 23.1 Å². The Kier molecular flexibility index (Phi) is 4.76. The summed E-state index contributed by atoms with van der Waals surface area (Å²) in [5.74, 6) is 3.93. The number of benzene rings is 2. The van der Waals surface area contributed by atoms with E-state index < -0.39 is 0 Å². The predicted octanol–water partition coefficient (Wildman–Crippen LogP) is 3.73. The fourth-order valence-corrected chi connectivity index (χ4v) is 2.91. The van der Waals surface area contributed by atoms with Crippen molar-refractivity contribution in [1.29, 1.82) is 0 Å². The molecule has 0 radical (unpaired) electrons. The molecule has 2 heterocycles. The van der Waals surface area contributed by atoms with Crippen LogP contribution < -0.4 is 29.2 Å². The minimum atomic E-state index is 0.217. The highest BCUT2D eigenvalue weighted by atomic mass is 16.7. The van der Waals surface area contributed by atoms with Crippen molar-refractivity contribution in [3.05, 3.63) is 48.7 Å². The molecule has 3 aromatic rings. The largest absolute Gasteiger partial charge is 0.497 e. The SMILES string of the molecule is COc1cc(Nc2nccc(N(C)c3cccc4c3OCO4)n2)cc(OC)c1. The first-order valence-electron chi connectivity index (χ1n) is 8.63. The number of methoxy groups -OCH3 is 2. The lowest BCUT2D eigenvalue weighted by molar-refractivity contribution is 0.174. The van der Waals surface area contributed by atoms with Gasteiger partial charge in [0.05, 0.1) is 19.9 Å². The van der Waals surface area contributed by atoms with Gasteiger partial charge in [0, 0.05) is 37.1 Å². The molecule has 4 rings (SSSR count). The van der Waals surface area contributed by atoms with Crippen LogP contribution in [0, 0.1) is 0 Å². The van der Waals surface area contributed by atoms with Gasteiger partial charge in [-0.2, -0.15) is 4.98 Å². The molecule has 1 aliphatic rings. The minimum absolute atomic E-state index is 0.217. The fraction of sp³-hybridized carbons (Fsp3) is 0.200. The van der Waals surface area contributed by atoms with Crippen LogP contribution >= 0.6 is 0 Å². The molecule has 0 unspecified atom stereocenters. The van der Waals surface area contributed by atoms with E-state index in [1.807, 2.05) is 48.3 Å². The molecule has 28 heavy (non-hydrogen) atoms. The molecule has 0 fully saturated rings. The summed E-state index contributed by atoms with van der Waals surface area (Å²) in [6, 6.07) is 13.1. The number of hydrogen-bond donors (Lipinski definition) is 1. The van der Waals surface area contributed by atoms with E-state index in [1.54, 1.807) is 26.5 Å². The minimum Gasteiger partial charge on any atom is -0.497 e. The van der Waals surface area contributed by atoms with Gasteiger partial charge in [-0.15, -0.1) is 0 Å². The van der Waals surface area contributed by atoms with E-state index in [9.17, 15) is 0 Å². The third-order valence-electron chi connectivity index (χ3n) is 4.33. The Hall–Kier alpha value is -3.68. The van der Waals surface area contributed by atoms with Crippen molar-refractivity contribution in [2.24, 2.45) is 0 Å². The van der Waals surface area contributed by atoms with Crippen molar-refractivity contribution in [1.82, 2.24) is 9.97 Å². The third-order valence-corrected chi connectivity index (χ3v) is 4.33. The van der Waals surface area contributed by atoms with Crippen LogP contribution in [0.3, 0.4) is 0 Å². The van der Waals surface area contributed by atoms with Gasteiger partial charge in [0.25, 0.3) is 0 Å². The van der Waals surface area contributed by atoms with E-state index in [0.717, 1.165) is 17.1 Å². The second-order valence-electron chi connectivity index (χ2n) is 6.03. The van der Waals surface area contributed by atoms with Gasteiger partial charge >= 0.3 is 0 Å². The summed E-state index contributed by atoms with van der Waals surface area (Å²) in [6.07, 6.45) is 1.69. The maximum Gasteiger partial charge on any atom is 0.231 e.